The van der Waals surface area contributed by atoms with Gasteiger partial charge in [0.2, 0.25) is 10.0 Å². The Morgan fingerprint density at radius 2 is 2.06 bits per heavy atom. The molecular weight excluding hydrogens is 257 g/mol. The van der Waals surface area contributed by atoms with Gasteiger partial charge in [-0.05, 0) is 30.7 Å². The summed E-state index contributed by atoms with van der Waals surface area (Å²) in [5.74, 6) is -0.402. The van der Waals surface area contributed by atoms with E-state index in [0.717, 1.165) is 6.07 Å². The molecule has 1 atom stereocenters. The number of sulfonamides is 1. The van der Waals surface area contributed by atoms with Gasteiger partial charge in [0.15, 0.2) is 0 Å². The van der Waals surface area contributed by atoms with E-state index in [1.807, 2.05) is 6.92 Å². The molecular formula is C11H18FN3O2S. The summed E-state index contributed by atoms with van der Waals surface area (Å²) >= 11 is 0. The van der Waals surface area contributed by atoms with Gasteiger partial charge in [-0.1, -0.05) is 6.92 Å². The van der Waals surface area contributed by atoms with Gasteiger partial charge < -0.3 is 10.6 Å². The molecule has 0 aliphatic heterocycles. The van der Waals surface area contributed by atoms with E-state index in [9.17, 15) is 12.8 Å². The van der Waals surface area contributed by atoms with Crippen molar-refractivity contribution in [2.75, 3.05) is 25.0 Å². The Morgan fingerprint density at radius 3 is 2.50 bits per heavy atom. The van der Waals surface area contributed by atoms with Crippen LogP contribution in [-0.4, -0.2) is 28.6 Å². The van der Waals surface area contributed by atoms with E-state index in [2.05, 4.69) is 0 Å². The quantitative estimate of drug-likeness (QED) is 0.819. The zero-order valence-corrected chi connectivity index (χ0v) is 11.2. The Bertz CT molecular complexity index is 519. The van der Waals surface area contributed by atoms with Crippen molar-refractivity contribution in [3.05, 3.63) is 24.0 Å². The molecule has 0 saturated heterocycles. The highest BCUT2D eigenvalue weighted by atomic mass is 32.2. The summed E-state index contributed by atoms with van der Waals surface area (Å²) in [6.07, 6.45) is 0. The summed E-state index contributed by atoms with van der Waals surface area (Å²) in [6.45, 7) is 3.04. The maximum absolute atomic E-state index is 13.8. The normalized spacial score (nSPS) is 13.4. The van der Waals surface area contributed by atoms with Crippen molar-refractivity contribution >= 4 is 15.7 Å². The summed E-state index contributed by atoms with van der Waals surface area (Å²) in [4.78, 5) is 1.46. The summed E-state index contributed by atoms with van der Waals surface area (Å²) < 4.78 is 35.9. The number of halogens is 1. The number of hydrogen-bond acceptors (Lipinski definition) is 4. The Morgan fingerprint density at radius 1 is 1.44 bits per heavy atom. The fourth-order valence-electron chi connectivity index (χ4n) is 1.61. The second-order valence-corrected chi connectivity index (χ2v) is 5.94. The van der Waals surface area contributed by atoms with E-state index in [4.69, 9.17) is 10.9 Å². The van der Waals surface area contributed by atoms with Crippen LogP contribution in [0.25, 0.3) is 0 Å². The standard InChI is InChI=1S/C11H18FN3O2S/c1-8(6-13)7-15(2)11-4-3-9(5-10(11)12)18(14,16)17/h3-5,8H,6-7,13H2,1-2H3,(H2,14,16,17). The number of hydrogen-bond donors (Lipinski definition) is 2. The Balaban J connectivity index is 2.99. The maximum atomic E-state index is 13.8. The summed E-state index contributed by atoms with van der Waals surface area (Å²) in [7, 11) is -2.15. The second-order valence-electron chi connectivity index (χ2n) is 4.38. The smallest absolute Gasteiger partial charge is 0.238 e. The van der Waals surface area contributed by atoms with Crippen LogP contribution in [0.4, 0.5) is 10.1 Å². The molecule has 102 valence electrons. The van der Waals surface area contributed by atoms with Crippen LogP contribution in [0.2, 0.25) is 0 Å². The highest BCUT2D eigenvalue weighted by molar-refractivity contribution is 7.89. The van der Waals surface area contributed by atoms with Crippen LogP contribution in [0.1, 0.15) is 6.92 Å². The van der Waals surface area contributed by atoms with Crippen molar-refractivity contribution in [2.45, 2.75) is 11.8 Å². The van der Waals surface area contributed by atoms with E-state index in [0.29, 0.717) is 18.8 Å². The molecule has 4 N–H and O–H groups in total. The molecule has 1 rings (SSSR count). The van der Waals surface area contributed by atoms with Crippen LogP contribution in [0.3, 0.4) is 0 Å². The van der Waals surface area contributed by atoms with Gasteiger partial charge in [0, 0.05) is 13.6 Å². The molecule has 0 aromatic heterocycles. The maximum Gasteiger partial charge on any atom is 0.238 e. The lowest BCUT2D eigenvalue weighted by atomic mass is 10.1. The number of anilines is 1. The third-order valence-corrected chi connectivity index (χ3v) is 3.56. The van der Waals surface area contributed by atoms with Crippen LogP contribution >= 0.6 is 0 Å². The first-order valence-corrected chi connectivity index (χ1v) is 7.04. The average Bonchev–Trinajstić information content (AvgIpc) is 2.27. The Kier molecular flexibility index (Phi) is 4.66. The van der Waals surface area contributed by atoms with Crippen molar-refractivity contribution in [1.29, 1.82) is 0 Å². The molecule has 0 saturated carbocycles. The second kappa shape index (κ2) is 5.64. The number of rotatable bonds is 5. The van der Waals surface area contributed by atoms with Crippen LogP contribution < -0.4 is 15.8 Å². The van der Waals surface area contributed by atoms with Gasteiger partial charge in [-0.3, -0.25) is 0 Å². The van der Waals surface area contributed by atoms with Crippen LogP contribution in [0, 0.1) is 11.7 Å². The average molecular weight is 275 g/mol. The molecule has 7 heteroatoms. The molecule has 1 aromatic carbocycles. The van der Waals surface area contributed by atoms with Crippen LogP contribution in [0.15, 0.2) is 23.1 Å². The predicted molar refractivity (Wildman–Crippen MR) is 69.3 cm³/mol. The van der Waals surface area contributed by atoms with Gasteiger partial charge in [0.05, 0.1) is 10.6 Å². The van der Waals surface area contributed by atoms with Crippen molar-refractivity contribution in [2.24, 2.45) is 16.8 Å². The summed E-state index contributed by atoms with van der Waals surface area (Å²) in [6, 6.07) is 3.62. The lowest BCUT2D eigenvalue weighted by molar-refractivity contribution is 0.570. The van der Waals surface area contributed by atoms with E-state index >= 15 is 0 Å². The number of nitrogens with zero attached hydrogens (tertiary/aromatic N) is 1. The molecule has 1 unspecified atom stereocenters. The van der Waals surface area contributed by atoms with Crippen molar-refractivity contribution in [1.82, 2.24) is 0 Å². The monoisotopic (exact) mass is 275 g/mol. The van der Waals surface area contributed by atoms with E-state index in [1.54, 1.807) is 11.9 Å². The van der Waals surface area contributed by atoms with E-state index in [1.165, 1.54) is 12.1 Å². The first-order valence-electron chi connectivity index (χ1n) is 5.49. The van der Waals surface area contributed by atoms with Crippen LogP contribution in [0.5, 0.6) is 0 Å². The predicted octanol–water partition coefficient (Wildman–Crippen LogP) is 0.504. The largest absolute Gasteiger partial charge is 0.372 e. The molecule has 0 radical (unpaired) electrons. The molecule has 18 heavy (non-hydrogen) atoms. The number of primary sulfonamides is 1. The van der Waals surface area contributed by atoms with Gasteiger partial charge in [0.1, 0.15) is 5.82 Å². The number of nitrogens with two attached hydrogens (primary N) is 2. The fourth-order valence-corrected chi connectivity index (χ4v) is 2.14. The van der Waals surface area contributed by atoms with Gasteiger partial charge >= 0.3 is 0 Å². The van der Waals surface area contributed by atoms with Gasteiger partial charge in [0.25, 0.3) is 0 Å². The molecule has 0 spiro atoms. The minimum absolute atomic E-state index is 0.215. The molecule has 0 heterocycles. The molecule has 0 bridgehead atoms. The molecule has 1 aromatic rings. The fraction of sp³-hybridized carbons (Fsp3) is 0.455. The first-order chi connectivity index (χ1) is 8.25. The topological polar surface area (TPSA) is 89.4 Å². The minimum atomic E-state index is -3.87. The van der Waals surface area contributed by atoms with Crippen molar-refractivity contribution in [3.8, 4) is 0 Å². The first kappa shape index (κ1) is 14.9. The van der Waals surface area contributed by atoms with Gasteiger partial charge in [-0.25, -0.2) is 17.9 Å². The Labute approximate surface area is 107 Å². The molecule has 0 aliphatic carbocycles. The van der Waals surface area contributed by atoms with Crippen LogP contribution in [-0.2, 0) is 10.0 Å². The lowest BCUT2D eigenvalue weighted by Crippen LogP contribution is -2.28. The lowest BCUT2D eigenvalue weighted by Gasteiger charge is -2.23. The Hall–Kier alpha value is -1.18. The van der Waals surface area contributed by atoms with E-state index < -0.39 is 15.8 Å². The summed E-state index contributed by atoms with van der Waals surface area (Å²) in [5.41, 5.74) is 5.82. The van der Waals surface area contributed by atoms with Crippen molar-refractivity contribution < 1.29 is 12.8 Å². The zero-order chi connectivity index (χ0) is 13.9. The van der Waals surface area contributed by atoms with Gasteiger partial charge in [-0.2, -0.15) is 0 Å². The number of benzene rings is 1. The summed E-state index contributed by atoms with van der Waals surface area (Å²) in [5, 5.41) is 4.93. The van der Waals surface area contributed by atoms with Gasteiger partial charge in [-0.15, -0.1) is 0 Å². The molecule has 5 nitrogen and oxygen atoms in total. The zero-order valence-electron chi connectivity index (χ0n) is 10.4. The third-order valence-electron chi connectivity index (χ3n) is 2.65. The molecule has 0 fully saturated rings. The molecule has 0 amide bonds. The van der Waals surface area contributed by atoms with E-state index in [-0.39, 0.29) is 10.8 Å². The minimum Gasteiger partial charge on any atom is -0.372 e. The highest BCUT2D eigenvalue weighted by Gasteiger charge is 2.14. The molecule has 0 aliphatic rings. The highest BCUT2D eigenvalue weighted by Crippen LogP contribution is 2.21. The van der Waals surface area contributed by atoms with Crippen molar-refractivity contribution in [3.63, 3.8) is 0 Å². The third kappa shape index (κ3) is 3.66. The SMILES string of the molecule is CC(CN)CN(C)c1ccc(S(N)(=O)=O)cc1F.